The van der Waals surface area contributed by atoms with Crippen LogP contribution in [0.5, 0.6) is 0 Å². The molecule has 0 bridgehead atoms. The van der Waals surface area contributed by atoms with Crippen molar-refractivity contribution in [2.75, 3.05) is 12.4 Å². The van der Waals surface area contributed by atoms with Gasteiger partial charge in [0.25, 0.3) is 0 Å². The first-order valence-electron chi connectivity index (χ1n) is 7.53. The summed E-state index contributed by atoms with van der Waals surface area (Å²) in [4.78, 5) is 11.5. The lowest BCUT2D eigenvalue weighted by molar-refractivity contribution is -0.121. The van der Waals surface area contributed by atoms with Crippen LogP contribution in [-0.2, 0) is 4.79 Å². The molecule has 0 heterocycles. The van der Waals surface area contributed by atoms with E-state index >= 15 is 0 Å². The quantitative estimate of drug-likeness (QED) is 0.412. The summed E-state index contributed by atoms with van der Waals surface area (Å²) in [6, 6.07) is 0. The van der Waals surface area contributed by atoms with Gasteiger partial charge in [-0.05, 0) is 18.8 Å². The number of halogens is 1. The minimum Gasteiger partial charge on any atom is -0.356 e. The van der Waals surface area contributed by atoms with E-state index in [2.05, 4.69) is 19.2 Å². The number of nitrogens with one attached hydrogen (secondary N) is 1. The maximum Gasteiger partial charge on any atom is 0.220 e. The van der Waals surface area contributed by atoms with Crippen molar-refractivity contribution in [2.24, 2.45) is 5.92 Å². The molecular weight excluding hydrogens is 246 g/mol. The van der Waals surface area contributed by atoms with Crippen LogP contribution in [0.25, 0.3) is 0 Å². The van der Waals surface area contributed by atoms with Crippen molar-refractivity contribution < 1.29 is 4.79 Å². The van der Waals surface area contributed by atoms with Crippen LogP contribution in [0.15, 0.2) is 0 Å². The average molecular weight is 276 g/mol. The first kappa shape index (κ1) is 17.8. The standard InChI is InChI=1S/C15H30ClNO/c1-3-4-5-6-7-8-9-10-15(18)17-13-14(2)11-12-16/h14H,3-13H2,1-2H3,(H,17,18). The Morgan fingerprint density at radius 1 is 1.11 bits per heavy atom. The highest BCUT2D eigenvalue weighted by molar-refractivity contribution is 6.17. The molecular formula is C15H30ClNO. The number of unbranched alkanes of at least 4 members (excludes halogenated alkanes) is 6. The molecule has 0 rings (SSSR count). The van der Waals surface area contributed by atoms with E-state index in [1.165, 1.54) is 38.5 Å². The van der Waals surface area contributed by atoms with E-state index < -0.39 is 0 Å². The third-order valence-electron chi connectivity index (χ3n) is 3.26. The van der Waals surface area contributed by atoms with Gasteiger partial charge in [0, 0.05) is 18.8 Å². The van der Waals surface area contributed by atoms with Crippen molar-refractivity contribution in [3.63, 3.8) is 0 Å². The van der Waals surface area contributed by atoms with Crippen LogP contribution >= 0.6 is 11.6 Å². The Kier molecular flexibility index (Phi) is 13.0. The lowest BCUT2D eigenvalue weighted by Crippen LogP contribution is -2.28. The minimum atomic E-state index is 0.199. The molecule has 0 aliphatic heterocycles. The fraction of sp³-hybridized carbons (Fsp3) is 0.933. The molecule has 2 nitrogen and oxygen atoms in total. The van der Waals surface area contributed by atoms with E-state index in [1.807, 2.05) is 0 Å². The van der Waals surface area contributed by atoms with Crippen LogP contribution in [0.2, 0.25) is 0 Å². The molecule has 0 aromatic heterocycles. The molecule has 0 radical (unpaired) electrons. The summed E-state index contributed by atoms with van der Waals surface area (Å²) in [5.41, 5.74) is 0. The molecule has 3 heteroatoms. The minimum absolute atomic E-state index is 0.199. The fourth-order valence-corrected chi connectivity index (χ4v) is 2.28. The Morgan fingerprint density at radius 2 is 1.72 bits per heavy atom. The predicted molar refractivity (Wildman–Crippen MR) is 80.1 cm³/mol. The highest BCUT2D eigenvalue weighted by Gasteiger charge is 2.04. The van der Waals surface area contributed by atoms with Crippen molar-refractivity contribution in [1.82, 2.24) is 5.32 Å². The first-order valence-corrected chi connectivity index (χ1v) is 8.06. The molecule has 0 aliphatic rings. The third-order valence-corrected chi connectivity index (χ3v) is 3.48. The SMILES string of the molecule is CCCCCCCCCC(=O)NCC(C)CCCl. The van der Waals surface area contributed by atoms with Gasteiger partial charge in [0.05, 0.1) is 0 Å². The van der Waals surface area contributed by atoms with Crippen LogP contribution in [-0.4, -0.2) is 18.3 Å². The van der Waals surface area contributed by atoms with Crippen molar-refractivity contribution in [3.8, 4) is 0 Å². The number of amides is 1. The summed E-state index contributed by atoms with van der Waals surface area (Å²) in [5, 5.41) is 2.98. The second kappa shape index (κ2) is 13.2. The number of carbonyl (C=O) groups is 1. The van der Waals surface area contributed by atoms with E-state index in [0.29, 0.717) is 18.2 Å². The lowest BCUT2D eigenvalue weighted by Gasteiger charge is -2.10. The van der Waals surface area contributed by atoms with E-state index in [1.54, 1.807) is 0 Å². The highest BCUT2D eigenvalue weighted by Crippen LogP contribution is 2.08. The molecule has 1 amide bonds. The number of alkyl halides is 1. The van der Waals surface area contributed by atoms with Crippen LogP contribution in [0.4, 0.5) is 0 Å². The van der Waals surface area contributed by atoms with Crippen molar-refractivity contribution in [1.29, 1.82) is 0 Å². The van der Waals surface area contributed by atoms with Crippen molar-refractivity contribution in [3.05, 3.63) is 0 Å². The molecule has 0 aliphatic carbocycles. The van der Waals surface area contributed by atoms with Crippen molar-refractivity contribution in [2.45, 2.75) is 71.6 Å². The molecule has 0 saturated heterocycles. The molecule has 18 heavy (non-hydrogen) atoms. The summed E-state index contributed by atoms with van der Waals surface area (Å²) < 4.78 is 0. The van der Waals surface area contributed by atoms with Gasteiger partial charge in [0.2, 0.25) is 5.91 Å². The second-order valence-corrected chi connectivity index (χ2v) is 5.64. The molecule has 1 N–H and O–H groups in total. The molecule has 108 valence electrons. The first-order chi connectivity index (χ1) is 8.70. The zero-order chi connectivity index (χ0) is 13.6. The second-order valence-electron chi connectivity index (χ2n) is 5.26. The zero-order valence-electron chi connectivity index (χ0n) is 12.1. The number of hydrogen-bond donors (Lipinski definition) is 1. The highest BCUT2D eigenvalue weighted by atomic mass is 35.5. The van der Waals surface area contributed by atoms with Gasteiger partial charge in [-0.25, -0.2) is 0 Å². The van der Waals surface area contributed by atoms with Crippen molar-refractivity contribution >= 4 is 17.5 Å². The molecule has 1 atom stereocenters. The number of rotatable bonds is 12. The zero-order valence-corrected chi connectivity index (χ0v) is 12.9. The smallest absolute Gasteiger partial charge is 0.220 e. The summed E-state index contributed by atoms with van der Waals surface area (Å²) >= 11 is 5.65. The normalized spacial score (nSPS) is 12.4. The Hall–Kier alpha value is -0.240. The largest absolute Gasteiger partial charge is 0.356 e. The van der Waals surface area contributed by atoms with E-state index in [4.69, 9.17) is 11.6 Å². The summed E-state index contributed by atoms with van der Waals surface area (Å²) in [5.74, 6) is 1.36. The van der Waals surface area contributed by atoms with Gasteiger partial charge in [0.1, 0.15) is 0 Å². The summed E-state index contributed by atoms with van der Waals surface area (Å²) in [6.07, 6.45) is 10.5. The van der Waals surface area contributed by atoms with Gasteiger partial charge in [-0.15, -0.1) is 11.6 Å². The number of carbonyl (C=O) groups excluding carboxylic acids is 1. The average Bonchev–Trinajstić information content (AvgIpc) is 2.35. The Labute approximate surface area is 118 Å². The van der Waals surface area contributed by atoms with Crippen LogP contribution in [0, 0.1) is 5.92 Å². The maximum atomic E-state index is 11.5. The molecule has 0 aromatic rings. The van der Waals surface area contributed by atoms with Gasteiger partial charge >= 0.3 is 0 Å². The van der Waals surface area contributed by atoms with Gasteiger partial charge in [-0.3, -0.25) is 4.79 Å². The number of hydrogen-bond acceptors (Lipinski definition) is 1. The van der Waals surface area contributed by atoms with Crippen LogP contribution < -0.4 is 5.32 Å². The third kappa shape index (κ3) is 12.2. The Bertz CT molecular complexity index is 197. The van der Waals surface area contributed by atoms with E-state index in [0.717, 1.165) is 19.4 Å². The molecule has 1 unspecified atom stereocenters. The Morgan fingerprint density at radius 3 is 2.33 bits per heavy atom. The van der Waals surface area contributed by atoms with Crippen LogP contribution in [0.1, 0.15) is 71.6 Å². The summed E-state index contributed by atoms with van der Waals surface area (Å²) in [6.45, 7) is 5.12. The molecule has 0 aromatic carbocycles. The monoisotopic (exact) mass is 275 g/mol. The molecule has 0 fully saturated rings. The molecule has 0 saturated carbocycles. The van der Waals surface area contributed by atoms with E-state index in [9.17, 15) is 4.79 Å². The van der Waals surface area contributed by atoms with E-state index in [-0.39, 0.29) is 5.91 Å². The maximum absolute atomic E-state index is 11.5. The topological polar surface area (TPSA) is 29.1 Å². The Balaban J connectivity index is 3.26. The van der Waals surface area contributed by atoms with Gasteiger partial charge < -0.3 is 5.32 Å². The van der Waals surface area contributed by atoms with Gasteiger partial charge in [-0.1, -0.05) is 52.4 Å². The lowest BCUT2D eigenvalue weighted by atomic mass is 10.1. The van der Waals surface area contributed by atoms with Gasteiger partial charge in [-0.2, -0.15) is 0 Å². The fourth-order valence-electron chi connectivity index (χ4n) is 1.91. The predicted octanol–water partition coefficient (Wildman–Crippen LogP) is 4.51. The molecule has 0 spiro atoms. The van der Waals surface area contributed by atoms with Crippen LogP contribution in [0.3, 0.4) is 0 Å². The summed E-state index contributed by atoms with van der Waals surface area (Å²) in [7, 11) is 0. The van der Waals surface area contributed by atoms with Gasteiger partial charge in [0.15, 0.2) is 0 Å².